The van der Waals surface area contributed by atoms with E-state index in [9.17, 15) is 0 Å². The molecular formula is C17H33NO. The smallest absolute Gasteiger partial charge is 0.0756 e. The third-order valence-corrected chi connectivity index (χ3v) is 5.15. The van der Waals surface area contributed by atoms with Crippen molar-refractivity contribution in [2.75, 3.05) is 13.2 Å². The number of rotatable bonds is 8. The second-order valence-corrected chi connectivity index (χ2v) is 6.51. The lowest BCUT2D eigenvalue weighted by Gasteiger charge is -2.39. The summed E-state index contributed by atoms with van der Waals surface area (Å²) in [6, 6.07) is 0.596. The molecule has 0 aromatic carbocycles. The second-order valence-electron chi connectivity index (χ2n) is 6.51. The van der Waals surface area contributed by atoms with Crippen LogP contribution in [-0.4, -0.2) is 25.3 Å². The molecule has 2 rings (SSSR count). The molecule has 2 heteroatoms. The Morgan fingerprint density at radius 1 is 1.00 bits per heavy atom. The third-order valence-electron chi connectivity index (χ3n) is 5.15. The van der Waals surface area contributed by atoms with E-state index in [1.807, 2.05) is 0 Å². The van der Waals surface area contributed by atoms with Gasteiger partial charge in [-0.2, -0.15) is 0 Å². The van der Waals surface area contributed by atoms with Crippen LogP contribution in [0.15, 0.2) is 0 Å². The largest absolute Gasteiger partial charge is 0.377 e. The van der Waals surface area contributed by atoms with Crippen molar-refractivity contribution in [1.82, 2.24) is 5.32 Å². The zero-order chi connectivity index (χ0) is 13.5. The highest BCUT2D eigenvalue weighted by Gasteiger charge is 2.33. The van der Waals surface area contributed by atoms with Gasteiger partial charge in [0.15, 0.2) is 0 Å². The van der Waals surface area contributed by atoms with Crippen molar-refractivity contribution in [3.63, 3.8) is 0 Å². The Morgan fingerprint density at radius 2 is 1.74 bits per heavy atom. The SMILES string of the molecule is CCNC(CC1CCC1)C(OCC)C1CCCCC1. The Bertz CT molecular complexity index is 233. The molecule has 19 heavy (non-hydrogen) atoms. The Kier molecular flexibility index (Phi) is 6.66. The molecule has 2 fully saturated rings. The number of hydrogen-bond acceptors (Lipinski definition) is 2. The maximum atomic E-state index is 6.20. The third kappa shape index (κ3) is 4.46. The van der Waals surface area contributed by atoms with Gasteiger partial charge in [0, 0.05) is 12.6 Å². The molecule has 0 aliphatic heterocycles. The van der Waals surface area contributed by atoms with E-state index in [1.54, 1.807) is 0 Å². The van der Waals surface area contributed by atoms with Crippen molar-refractivity contribution in [2.45, 2.75) is 83.8 Å². The lowest BCUT2D eigenvalue weighted by atomic mass is 9.76. The predicted molar refractivity (Wildman–Crippen MR) is 81.4 cm³/mol. The summed E-state index contributed by atoms with van der Waals surface area (Å²) in [6.45, 7) is 6.33. The van der Waals surface area contributed by atoms with E-state index < -0.39 is 0 Å². The number of ether oxygens (including phenoxy) is 1. The molecule has 2 aliphatic rings. The van der Waals surface area contributed by atoms with Crippen LogP contribution in [0.3, 0.4) is 0 Å². The molecule has 0 heterocycles. The lowest BCUT2D eigenvalue weighted by molar-refractivity contribution is -0.0250. The zero-order valence-electron chi connectivity index (χ0n) is 13.0. The van der Waals surface area contributed by atoms with E-state index in [4.69, 9.17) is 4.74 Å². The van der Waals surface area contributed by atoms with E-state index >= 15 is 0 Å². The Balaban J connectivity index is 1.94. The molecule has 2 atom stereocenters. The number of hydrogen-bond donors (Lipinski definition) is 1. The van der Waals surface area contributed by atoms with Crippen LogP contribution < -0.4 is 5.32 Å². The van der Waals surface area contributed by atoms with Gasteiger partial charge in [0.2, 0.25) is 0 Å². The fourth-order valence-electron chi connectivity index (χ4n) is 3.92. The molecule has 0 spiro atoms. The maximum absolute atomic E-state index is 6.20. The quantitative estimate of drug-likeness (QED) is 0.713. The van der Waals surface area contributed by atoms with Gasteiger partial charge in [-0.15, -0.1) is 0 Å². The van der Waals surface area contributed by atoms with Gasteiger partial charge in [-0.1, -0.05) is 45.4 Å². The average molecular weight is 267 g/mol. The average Bonchev–Trinajstić information content (AvgIpc) is 2.40. The van der Waals surface area contributed by atoms with E-state index in [-0.39, 0.29) is 0 Å². The van der Waals surface area contributed by atoms with Gasteiger partial charge < -0.3 is 10.1 Å². The van der Waals surface area contributed by atoms with Gasteiger partial charge in [0.1, 0.15) is 0 Å². The van der Waals surface area contributed by atoms with E-state index in [1.165, 1.54) is 57.8 Å². The first kappa shape index (κ1) is 15.3. The molecule has 1 N–H and O–H groups in total. The molecule has 2 unspecified atom stereocenters. The summed E-state index contributed by atoms with van der Waals surface area (Å²) in [7, 11) is 0. The van der Waals surface area contributed by atoms with Crippen LogP contribution >= 0.6 is 0 Å². The number of likely N-dealkylation sites (N-methyl/N-ethyl adjacent to an activating group) is 1. The van der Waals surface area contributed by atoms with Crippen molar-refractivity contribution in [1.29, 1.82) is 0 Å². The van der Waals surface area contributed by atoms with Gasteiger partial charge in [0.25, 0.3) is 0 Å². The summed E-state index contributed by atoms with van der Waals surface area (Å²) in [4.78, 5) is 0. The second kappa shape index (κ2) is 8.26. The molecular weight excluding hydrogens is 234 g/mol. The van der Waals surface area contributed by atoms with Gasteiger partial charge in [-0.25, -0.2) is 0 Å². The topological polar surface area (TPSA) is 21.3 Å². The summed E-state index contributed by atoms with van der Waals surface area (Å²) in [5, 5.41) is 3.74. The van der Waals surface area contributed by atoms with E-state index in [0.29, 0.717) is 12.1 Å². The fourth-order valence-corrected chi connectivity index (χ4v) is 3.92. The summed E-state index contributed by atoms with van der Waals surface area (Å²) >= 11 is 0. The molecule has 0 radical (unpaired) electrons. The van der Waals surface area contributed by atoms with Crippen molar-refractivity contribution >= 4 is 0 Å². The first-order chi connectivity index (χ1) is 9.35. The maximum Gasteiger partial charge on any atom is 0.0756 e. The molecule has 0 saturated heterocycles. The monoisotopic (exact) mass is 267 g/mol. The van der Waals surface area contributed by atoms with Crippen LogP contribution in [0.5, 0.6) is 0 Å². The molecule has 2 nitrogen and oxygen atoms in total. The first-order valence-electron chi connectivity index (χ1n) is 8.70. The minimum atomic E-state index is 0.464. The Hall–Kier alpha value is -0.0800. The highest BCUT2D eigenvalue weighted by molar-refractivity contribution is 4.88. The molecule has 0 amide bonds. The summed E-state index contributed by atoms with van der Waals surface area (Å²) in [5.74, 6) is 1.77. The van der Waals surface area contributed by atoms with Crippen LogP contribution in [0.4, 0.5) is 0 Å². The first-order valence-corrected chi connectivity index (χ1v) is 8.70. The molecule has 112 valence electrons. The van der Waals surface area contributed by atoms with Crippen molar-refractivity contribution in [2.24, 2.45) is 11.8 Å². The summed E-state index contributed by atoms with van der Waals surface area (Å²) in [5.41, 5.74) is 0. The Labute approximate surface area is 119 Å². The van der Waals surface area contributed by atoms with Crippen molar-refractivity contribution < 1.29 is 4.74 Å². The normalized spacial score (nSPS) is 24.9. The van der Waals surface area contributed by atoms with Crippen LogP contribution in [0.25, 0.3) is 0 Å². The Morgan fingerprint density at radius 3 is 2.26 bits per heavy atom. The summed E-state index contributed by atoms with van der Waals surface area (Å²) in [6.07, 6.45) is 13.2. The molecule has 0 aromatic rings. The fraction of sp³-hybridized carbons (Fsp3) is 1.00. The van der Waals surface area contributed by atoms with Crippen LogP contribution in [0, 0.1) is 11.8 Å². The highest BCUT2D eigenvalue weighted by atomic mass is 16.5. The van der Waals surface area contributed by atoms with Crippen molar-refractivity contribution in [3.05, 3.63) is 0 Å². The minimum Gasteiger partial charge on any atom is -0.377 e. The van der Waals surface area contributed by atoms with Gasteiger partial charge in [-0.3, -0.25) is 0 Å². The minimum absolute atomic E-state index is 0.464. The molecule has 2 aliphatic carbocycles. The predicted octanol–water partition coefficient (Wildman–Crippen LogP) is 4.14. The van der Waals surface area contributed by atoms with E-state index in [0.717, 1.165) is 25.0 Å². The number of nitrogens with one attached hydrogen (secondary N) is 1. The van der Waals surface area contributed by atoms with Gasteiger partial charge >= 0.3 is 0 Å². The van der Waals surface area contributed by atoms with E-state index in [2.05, 4.69) is 19.2 Å². The van der Waals surface area contributed by atoms with Crippen molar-refractivity contribution in [3.8, 4) is 0 Å². The van der Waals surface area contributed by atoms with Gasteiger partial charge in [-0.05, 0) is 44.6 Å². The summed E-state index contributed by atoms with van der Waals surface area (Å²) < 4.78 is 6.20. The zero-order valence-corrected chi connectivity index (χ0v) is 13.0. The van der Waals surface area contributed by atoms with Gasteiger partial charge in [0.05, 0.1) is 6.10 Å². The van der Waals surface area contributed by atoms with Crippen LogP contribution in [0.2, 0.25) is 0 Å². The lowest BCUT2D eigenvalue weighted by Crippen LogP contribution is -2.47. The van der Waals surface area contributed by atoms with Crippen LogP contribution in [0.1, 0.15) is 71.6 Å². The molecule has 0 bridgehead atoms. The molecule has 2 saturated carbocycles. The molecule has 0 aromatic heterocycles. The van der Waals surface area contributed by atoms with Crippen LogP contribution in [-0.2, 0) is 4.74 Å². The highest BCUT2D eigenvalue weighted by Crippen LogP contribution is 2.35. The standard InChI is InChI=1S/C17H33NO/c1-3-18-16(13-14-9-8-10-14)17(19-4-2)15-11-6-5-7-12-15/h14-18H,3-13H2,1-2H3.